The van der Waals surface area contributed by atoms with Crippen molar-refractivity contribution in [3.05, 3.63) is 0 Å². The molecule has 0 heterocycles. The van der Waals surface area contributed by atoms with Gasteiger partial charge in [0, 0.05) is 6.42 Å². The number of unbranched alkanes of at least 4 members (excludes halogenated alkanes) is 2. The normalized spacial score (nSPS) is 13.6. The number of esters is 1. The topological polar surface area (TPSA) is 93.7 Å². The highest BCUT2D eigenvalue weighted by Gasteiger charge is 2.29. The zero-order valence-electron chi connectivity index (χ0n) is 17.1. The van der Waals surface area contributed by atoms with Gasteiger partial charge in [-0.2, -0.15) is 0 Å². The maximum absolute atomic E-state index is 12.7. The third-order valence-corrected chi connectivity index (χ3v) is 3.70. The third-order valence-electron chi connectivity index (χ3n) is 3.70. The van der Waals surface area contributed by atoms with Gasteiger partial charge < -0.3 is 20.1 Å². The monoisotopic (exact) mass is 372 g/mol. The van der Waals surface area contributed by atoms with E-state index in [0.717, 1.165) is 25.7 Å². The van der Waals surface area contributed by atoms with Gasteiger partial charge in [-0.15, -0.1) is 0 Å². The van der Waals surface area contributed by atoms with E-state index in [4.69, 9.17) is 9.47 Å². The standard InChI is InChI=1S/C19H36N2O5/c1-7-9-10-12-16(22)25-13-15(20-6)17(23)14(11-8-2)21-18(24)26-19(3,4)5/h14-15,20H,7-13H2,1-6H3,(H,21,24). The first-order valence-electron chi connectivity index (χ1n) is 9.50. The molecule has 7 heteroatoms. The molecule has 0 rings (SSSR count). The zero-order valence-corrected chi connectivity index (χ0v) is 17.1. The number of ketones is 1. The van der Waals surface area contributed by atoms with Crippen molar-refractivity contribution < 1.29 is 23.9 Å². The van der Waals surface area contributed by atoms with Gasteiger partial charge in [-0.25, -0.2) is 4.79 Å². The Kier molecular flexibility index (Phi) is 11.9. The van der Waals surface area contributed by atoms with Gasteiger partial charge in [0.2, 0.25) is 0 Å². The van der Waals surface area contributed by atoms with E-state index in [1.165, 1.54) is 0 Å². The Morgan fingerprint density at radius 3 is 2.15 bits per heavy atom. The summed E-state index contributed by atoms with van der Waals surface area (Å²) in [6, 6.07) is -1.36. The number of hydrogen-bond acceptors (Lipinski definition) is 6. The van der Waals surface area contributed by atoms with Crippen molar-refractivity contribution in [2.24, 2.45) is 0 Å². The van der Waals surface area contributed by atoms with Crippen LogP contribution in [0.2, 0.25) is 0 Å². The molecule has 0 aliphatic heterocycles. The van der Waals surface area contributed by atoms with Crippen LogP contribution in [0, 0.1) is 0 Å². The van der Waals surface area contributed by atoms with Crippen LogP contribution in [0.4, 0.5) is 4.79 Å². The summed E-state index contributed by atoms with van der Waals surface area (Å²) in [5, 5.41) is 5.49. The van der Waals surface area contributed by atoms with Crippen LogP contribution in [0.3, 0.4) is 0 Å². The average molecular weight is 373 g/mol. The number of nitrogens with one attached hydrogen (secondary N) is 2. The van der Waals surface area contributed by atoms with E-state index in [2.05, 4.69) is 17.6 Å². The molecule has 2 atom stereocenters. The van der Waals surface area contributed by atoms with E-state index in [-0.39, 0.29) is 18.4 Å². The summed E-state index contributed by atoms with van der Waals surface area (Å²) in [7, 11) is 1.63. The number of amides is 1. The molecule has 0 aliphatic carbocycles. The molecule has 26 heavy (non-hydrogen) atoms. The van der Waals surface area contributed by atoms with E-state index in [0.29, 0.717) is 12.8 Å². The Labute approximate surface area is 157 Å². The minimum atomic E-state index is -0.689. The van der Waals surface area contributed by atoms with Crippen LogP contribution >= 0.6 is 0 Å². The van der Waals surface area contributed by atoms with Crippen molar-refractivity contribution in [1.82, 2.24) is 10.6 Å². The van der Waals surface area contributed by atoms with Crippen molar-refractivity contribution in [3.63, 3.8) is 0 Å². The summed E-state index contributed by atoms with van der Waals surface area (Å²) in [5.74, 6) is -0.528. The third kappa shape index (κ3) is 11.1. The Bertz CT molecular complexity index is 446. The van der Waals surface area contributed by atoms with Gasteiger partial charge in [-0.3, -0.25) is 9.59 Å². The maximum atomic E-state index is 12.7. The molecule has 0 bridgehead atoms. The molecule has 0 aromatic rings. The van der Waals surface area contributed by atoms with E-state index < -0.39 is 23.8 Å². The van der Waals surface area contributed by atoms with E-state index in [1.54, 1.807) is 27.8 Å². The fraction of sp³-hybridized carbons (Fsp3) is 0.842. The predicted octanol–water partition coefficient (Wildman–Crippen LogP) is 2.96. The van der Waals surface area contributed by atoms with Crippen LogP contribution in [-0.2, 0) is 19.1 Å². The molecule has 0 radical (unpaired) electrons. The van der Waals surface area contributed by atoms with Gasteiger partial charge in [-0.05, 0) is 40.7 Å². The molecule has 0 spiro atoms. The van der Waals surface area contributed by atoms with Crippen LogP contribution in [-0.4, -0.2) is 49.2 Å². The van der Waals surface area contributed by atoms with E-state index in [9.17, 15) is 14.4 Å². The molecule has 0 aliphatic rings. The second-order valence-electron chi connectivity index (χ2n) is 7.37. The molecule has 0 saturated carbocycles. The van der Waals surface area contributed by atoms with Gasteiger partial charge >= 0.3 is 12.1 Å². The second kappa shape index (κ2) is 12.7. The van der Waals surface area contributed by atoms with Crippen molar-refractivity contribution in [1.29, 1.82) is 0 Å². The minimum Gasteiger partial charge on any atom is -0.464 e. The lowest BCUT2D eigenvalue weighted by molar-refractivity contribution is -0.145. The van der Waals surface area contributed by atoms with Gasteiger partial charge in [-0.1, -0.05) is 33.1 Å². The SMILES string of the molecule is CCCCCC(=O)OCC(NC)C(=O)C(CCC)NC(=O)OC(C)(C)C. The van der Waals surface area contributed by atoms with Gasteiger partial charge in [0.25, 0.3) is 0 Å². The van der Waals surface area contributed by atoms with Crippen LogP contribution in [0.1, 0.15) is 73.1 Å². The van der Waals surface area contributed by atoms with Gasteiger partial charge in [0.15, 0.2) is 5.78 Å². The lowest BCUT2D eigenvalue weighted by Gasteiger charge is -2.25. The number of alkyl carbamates (subject to hydrolysis) is 1. The number of Topliss-reactive ketones (excluding diaryl/α,β-unsaturated/α-hetero) is 1. The summed E-state index contributed by atoms with van der Waals surface area (Å²) in [4.78, 5) is 36.4. The molecular formula is C19H36N2O5. The summed E-state index contributed by atoms with van der Waals surface area (Å²) in [6.07, 6.45) is 3.72. The van der Waals surface area contributed by atoms with E-state index in [1.807, 2.05) is 6.92 Å². The second-order valence-corrected chi connectivity index (χ2v) is 7.37. The lowest BCUT2D eigenvalue weighted by atomic mass is 10.0. The van der Waals surface area contributed by atoms with Gasteiger partial charge in [0.05, 0.1) is 6.04 Å². The lowest BCUT2D eigenvalue weighted by Crippen LogP contribution is -2.51. The first-order chi connectivity index (χ1) is 12.1. The van der Waals surface area contributed by atoms with Crippen LogP contribution < -0.4 is 10.6 Å². The summed E-state index contributed by atoms with van der Waals surface area (Å²) >= 11 is 0. The minimum absolute atomic E-state index is 0.0451. The predicted molar refractivity (Wildman–Crippen MR) is 101 cm³/mol. The van der Waals surface area contributed by atoms with Crippen LogP contribution in [0.15, 0.2) is 0 Å². The fourth-order valence-electron chi connectivity index (χ4n) is 2.34. The number of carbonyl (C=O) groups is 3. The molecule has 152 valence electrons. The molecule has 0 aromatic heterocycles. The van der Waals surface area contributed by atoms with Crippen molar-refractivity contribution >= 4 is 17.8 Å². The molecular weight excluding hydrogens is 336 g/mol. The highest BCUT2D eigenvalue weighted by atomic mass is 16.6. The first kappa shape index (κ1) is 24.4. The summed E-state index contributed by atoms with van der Waals surface area (Å²) in [5.41, 5.74) is -0.639. The Morgan fingerprint density at radius 1 is 1.00 bits per heavy atom. The average Bonchev–Trinajstić information content (AvgIpc) is 2.53. The smallest absolute Gasteiger partial charge is 0.408 e. The first-order valence-corrected chi connectivity index (χ1v) is 9.50. The Balaban J connectivity index is 4.69. The largest absolute Gasteiger partial charge is 0.464 e. The number of hydrogen-bond donors (Lipinski definition) is 2. The van der Waals surface area contributed by atoms with Crippen molar-refractivity contribution in [3.8, 4) is 0 Å². The molecule has 1 amide bonds. The van der Waals surface area contributed by atoms with Crippen LogP contribution in [0.5, 0.6) is 0 Å². The maximum Gasteiger partial charge on any atom is 0.408 e. The van der Waals surface area contributed by atoms with Crippen molar-refractivity contribution in [2.45, 2.75) is 90.8 Å². The highest BCUT2D eigenvalue weighted by Crippen LogP contribution is 2.09. The molecule has 2 N–H and O–H groups in total. The zero-order chi connectivity index (χ0) is 20.2. The summed E-state index contributed by atoms with van der Waals surface area (Å²) < 4.78 is 10.4. The Morgan fingerprint density at radius 2 is 1.65 bits per heavy atom. The summed E-state index contributed by atoms with van der Waals surface area (Å²) in [6.45, 7) is 9.23. The van der Waals surface area contributed by atoms with E-state index >= 15 is 0 Å². The Hall–Kier alpha value is -1.63. The number of carbonyl (C=O) groups excluding carboxylic acids is 3. The number of likely N-dealkylation sites (N-methyl/N-ethyl adjacent to an activating group) is 1. The molecule has 0 saturated heterocycles. The quantitative estimate of drug-likeness (QED) is 0.404. The molecule has 7 nitrogen and oxygen atoms in total. The van der Waals surface area contributed by atoms with Crippen molar-refractivity contribution in [2.75, 3.05) is 13.7 Å². The van der Waals surface area contributed by atoms with Gasteiger partial charge in [0.1, 0.15) is 18.2 Å². The fourth-order valence-corrected chi connectivity index (χ4v) is 2.34. The molecule has 0 aromatic carbocycles. The highest BCUT2D eigenvalue weighted by molar-refractivity contribution is 5.91. The van der Waals surface area contributed by atoms with Crippen LogP contribution in [0.25, 0.3) is 0 Å². The molecule has 2 unspecified atom stereocenters. The number of rotatable bonds is 12. The number of ether oxygens (including phenoxy) is 2. The molecule has 0 fully saturated rings.